The first kappa shape index (κ1) is 18.4. The number of carbonyl (C=O) groups is 1. The molecule has 7 heteroatoms. The van der Waals surface area contributed by atoms with Crippen LogP contribution in [-0.2, 0) is 11.2 Å². The topological polar surface area (TPSA) is 75.4 Å². The number of aryl methyl sites for hydroxylation is 1. The van der Waals surface area contributed by atoms with Crippen LogP contribution in [0.4, 0.5) is 5.82 Å². The first-order valence-corrected chi connectivity index (χ1v) is 9.28. The fraction of sp³-hybridized carbons (Fsp3) is 0.579. The highest BCUT2D eigenvalue weighted by Crippen LogP contribution is 2.20. The van der Waals surface area contributed by atoms with E-state index >= 15 is 0 Å². The van der Waals surface area contributed by atoms with Crippen LogP contribution in [-0.4, -0.2) is 52.1 Å². The summed E-state index contributed by atoms with van der Waals surface area (Å²) in [7, 11) is 1.89. The fourth-order valence-electron chi connectivity index (χ4n) is 3.22. The highest BCUT2D eigenvalue weighted by molar-refractivity contribution is 5.76. The molecule has 1 unspecified atom stereocenters. The Labute approximate surface area is 154 Å². The largest absolute Gasteiger partial charge is 0.355 e. The van der Waals surface area contributed by atoms with Crippen molar-refractivity contribution in [1.29, 1.82) is 0 Å². The normalized spacial score (nSPS) is 17.5. The summed E-state index contributed by atoms with van der Waals surface area (Å²) >= 11 is 0. The Balaban J connectivity index is 1.54. The third-order valence-corrected chi connectivity index (χ3v) is 4.86. The van der Waals surface area contributed by atoms with Gasteiger partial charge in [0.25, 0.3) is 0 Å². The van der Waals surface area contributed by atoms with E-state index in [1.165, 1.54) is 0 Å². The zero-order valence-corrected chi connectivity index (χ0v) is 15.8. The van der Waals surface area contributed by atoms with Gasteiger partial charge in [0.05, 0.1) is 0 Å². The van der Waals surface area contributed by atoms with Gasteiger partial charge < -0.3 is 14.3 Å². The molecule has 26 heavy (non-hydrogen) atoms. The number of piperidine rings is 1. The van der Waals surface area contributed by atoms with Crippen LogP contribution in [0.25, 0.3) is 0 Å². The van der Waals surface area contributed by atoms with Gasteiger partial charge in [0.15, 0.2) is 5.82 Å². The van der Waals surface area contributed by atoms with Gasteiger partial charge in [0.1, 0.15) is 5.82 Å². The number of likely N-dealkylation sites (N-methyl/N-ethyl adjacent to an activating group) is 1. The number of pyridine rings is 1. The van der Waals surface area contributed by atoms with E-state index in [0.717, 1.165) is 31.7 Å². The van der Waals surface area contributed by atoms with Crippen LogP contribution in [0.2, 0.25) is 0 Å². The second-order valence-electron chi connectivity index (χ2n) is 7.14. The van der Waals surface area contributed by atoms with Crippen molar-refractivity contribution in [2.24, 2.45) is 0 Å². The molecule has 0 aromatic carbocycles. The predicted molar refractivity (Wildman–Crippen MR) is 99.0 cm³/mol. The lowest BCUT2D eigenvalue weighted by Gasteiger charge is -2.38. The number of aromatic nitrogens is 3. The molecule has 1 aliphatic heterocycles. The first-order valence-electron chi connectivity index (χ1n) is 9.28. The standard InChI is InChI=1S/C19H27N5O2/c1-14(2)19-21-17(26-22-19)9-10-18(25)23(3)15-7-6-12-24(13-15)16-8-4-5-11-20-16/h4-5,8,11,14-15H,6-7,9-10,12-13H2,1-3H3. The lowest BCUT2D eigenvalue weighted by Crippen LogP contribution is -2.48. The summed E-state index contributed by atoms with van der Waals surface area (Å²) < 4.78 is 5.23. The van der Waals surface area contributed by atoms with Gasteiger partial charge in [0, 0.05) is 51.1 Å². The van der Waals surface area contributed by atoms with Crippen LogP contribution in [0.3, 0.4) is 0 Å². The van der Waals surface area contributed by atoms with Gasteiger partial charge in [-0.15, -0.1) is 0 Å². The van der Waals surface area contributed by atoms with Crippen LogP contribution in [0.5, 0.6) is 0 Å². The van der Waals surface area contributed by atoms with Crippen LogP contribution in [0.1, 0.15) is 50.7 Å². The quantitative estimate of drug-likeness (QED) is 0.791. The van der Waals surface area contributed by atoms with Crippen molar-refractivity contribution in [3.8, 4) is 0 Å². The van der Waals surface area contributed by atoms with Crippen molar-refractivity contribution in [3.05, 3.63) is 36.1 Å². The number of rotatable bonds is 6. The molecule has 0 bridgehead atoms. The summed E-state index contributed by atoms with van der Waals surface area (Å²) in [5, 5.41) is 3.95. The third-order valence-electron chi connectivity index (χ3n) is 4.86. The van der Waals surface area contributed by atoms with Gasteiger partial charge in [-0.2, -0.15) is 4.98 Å². The molecule has 3 heterocycles. The summed E-state index contributed by atoms with van der Waals surface area (Å²) in [6.45, 7) is 5.83. The average Bonchev–Trinajstić information content (AvgIpc) is 3.16. The Morgan fingerprint density at radius 1 is 1.42 bits per heavy atom. The second-order valence-corrected chi connectivity index (χ2v) is 7.14. The molecule has 1 fully saturated rings. The molecule has 3 rings (SSSR count). The number of nitrogens with zero attached hydrogens (tertiary/aromatic N) is 5. The fourth-order valence-corrected chi connectivity index (χ4v) is 3.22. The maximum atomic E-state index is 12.6. The minimum Gasteiger partial charge on any atom is -0.355 e. The van der Waals surface area contributed by atoms with Crippen molar-refractivity contribution in [3.63, 3.8) is 0 Å². The van der Waals surface area contributed by atoms with E-state index < -0.39 is 0 Å². The summed E-state index contributed by atoms with van der Waals surface area (Å²) in [5.74, 6) is 2.55. The highest BCUT2D eigenvalue weighted by atomic mass is 16.5. The van der Waals surface area contributed by atoms with Crippen LogP contribution in [0, 0.1) is 0 Å². The minimum absolute atomic E-state index is 0.113. The van der Waals surface area contributed by atoms with Crippen molar-refractivity contribution in [2.45, 2.75) is 51.5 Å². The van der Waals surface area contributed by atoms with E-state index in [9.17, 15) is 4.79 Å². The second kappa shape index (κ2) is 8.29. The molecule has 0 N–H and O–H groups in total. The van der Waals surface area contributed by atoms with Crippen molar-refractivity contribution in [1.82, 2.24) is 20.0 Å². The van der Waals surface area contributed by atoms with Gasteiger partial charge in [-0.1, -0.05) is 25.1 Å². The molecule has 140 valence electrons. The molecule has 1 aliphatic rings. The zero-order valence-electron chi connectivity index (χ0n) is 15.8. The third kappa shape index (κ3) is 4.39. The van der Waals surface area contributed by atoms with Crippen molar-refractivity contribution < 1.29 is 9.32 Å². The summed E-state index contributed by atoms with van der Waals surface area (Å²) in [6.07, 6.45) is 4.75. The van der Waals surface area contributed by atoms with Gasteiger partial charge in [-0.25, -0.2) is 4.98 Å². The summed E-state index contributed by atoms with van der Waals surface area (Å²) in [5.41, 5.74) is 0. The molecule has 0 saturated carbocycles. The smallest absolute Gasteiger partial charge is 0.227 e. The number of hydrogen-bond acceptors (Lipinski definition) is 6. The lowest BCUT2D eigenvalue weighted by atomic mass is 10.0. The maximum absolute atomic E-state index is 12.6. The Morgan fingerprint density at radius 3 is 2.96 bits per heavy atom. The van der Waals surface area contributed by atoms with E-state index in [0.29, 0.717) is 24.6 Å². The molecule has 1 atom stereocenters. The van der Waals surface area contributed by atoms with Crippen LogP contribution in [0.15, 0.2) is 28.9 Å². The summed E-state index contributed by atoms with van der Waals surface area (Å²) in [6, 6.07) is 6.14. The predicted octanol–water partition coefficient (Wildman–Crippen LogP) is 2.65. The molecule has 7 nitrogen and oxygen atoms in total. The van der Waals surface area contributed by atoms with Gasteiger partial charge in [0.2, 0.25) is 11.8 Å². The summed E-state index contributed by atoms with van der Waals surface area (Å²) in [4.78, 5) is 25.5. The van der Waals surface area contributed by atoms with E-state index in [-0.39, 0.29) is 17.9 Å². The SMILES string of the molecule is CC(C)c1noc(CCC(=O)N(C)C2CCCN(c3ccccn3)C2)n1. The van der Waals surface area contributed by atoms with Gasteiger partial charge in [-0.3, -0.25) is 4.79 Å². The molecule has 0 radical (unpaired) electrons. The number of amides is 1. The molecule has 1 amide bonds. The molecule has 1 saturated heterocycles. The average molecular weight is 357 g/mol. The van der Waals surface area contributed by atoms with E-state index in [1.54, 1.807) is 0 Å². The number of carbonyl (C=O) groups excluding carboxylic acids is 1. The van der Waals surface area contributed by atoms with Crippen LogP contribution < -0.4 is 4.90 Å². The van der Waals surface area contributed by atoms with E-state index in [4.69, 9.17) is 4.52 Å². The zero-order chi connectivity index (χ0) is 18.5. The molecule has 0 aliphatic carbocycles. The monoisotopic (exact) mass is 357 g/mol. The minimum atomic E-state index is 0.113. The first-order chi connectivity index (χ1) is 12.5. The lowest BCUT2D eigenvalue weighted by molar-refractivity contribution is -0.132. The van der Waals surface area contributed by atoms with Crippen LogP contribution >= 0.6 is 0 Å². The van der Waals surface area contributed by atoms with Gasteiger partial charge in [-0.05, 0) is 25.0 Å². The van der Waals surface area contributed by atoms with Crippen molar-refractivity contribution >= 4 is 11.7 Å². The highest BCUT2D eigenvalue weighted by Gasteiger charge is 2.26. The molecule has 2 aromatic heterocycles. The Bertz CT molecular complexity index is 716. The molecular weight excluding hydrogens is 330 g/mol. The Hall–Kier alpha value is -2.44. The van der Waals surface area contributed by atoms with E-state index in [1.807, 2.05) is 50.2 Å². The number of anilines is 1. The molecule has 0 spiro atoms. The van der Waals surface area contributed by atoms with Gasteiger partial charge >= 0.3 is 0 Å². The Morgan fingerprint density at radius 2 is 2.27 bits per heavy atom. The van der Waals surface area contributed by atoms with E-state index in [2.05, 4.69) is 20.0 Å². The number of hydrogen-bond donors (Lipinski definition) is 0. The van der Waals surface area contributed by atoms with Crippen molar-refractivity contribution in [2.75, 3.05) is 25.0 Å². The Kier molecular flexibility index (Phi) is 5.85. The molecule has 2 aromatic rings. The maximum Gasteiger partial charge on any atom is 0.227 e. The molecular formula is C19H27N5O2.